The number of ether oxygens (including phenoxy) is 1. The van der Waals surface area contributed by atoms with Crippen molar-refractivity contribution in [1.29, 1.82) is 0 Å². The predicted octanol–water partition coefficient (Wildman–Crippen LogP) is 2.28. The van der Waals surface area contributed by atoms with Crippen molar-refractivity contribution in [3.63, 3.8) is 0 Å². The summed E-state index contributed by atoms with van der Waals surface area (Å²) in [5.74, 6) is 0.533. The molecule has 19 heavy (non-hydrogen) atoms. The molecule has 0 aliphatic rings. The molecular formula is C14H20ClNO3. The molecule has 0 fully saturated rings. The smallest absolute Gasteiger partial charge is 0.151 e. The first kappa shape index (κ1) is 16.0. The quantitative estimate of drug-likeness (QED) is 0.787. The van der Waals surface area contributed by atoms with E-state index in [1.807, 2.05) is 20.8 Å². The van der Waals surface area contributed by atoms with Crippen molar-refractivity contribution >= 4 is 17.9 Å². The number of halogens is 1. The van der Waals surface area contributed by atoms with Gasteiger partial charge in [0.05, 0.1) is 5.02 Å². The Morgan fingerprint density at radius 1 is 1.47 bits per heavy atom. The largest absolute Gasteiger partial charge is 0.491 e. The maximum Gasteiger partial charge on any atom is 0.151 e. The van der Waals surface area contributed by atoms with Crippen molar-refractivity contribution in [2.75, 3.05) is 13.2 Å². The first-order chi connectivity index (χ1) is 8.81. The van der Waals surface area contributed by atoms with Crippen LogP contribution in [0.2, 0.25) is 5.02 Å². The van der Waals surface area contributed by atoms with Gasteiger partial charge in [-0.25, -0.2) is 0 Å². The van der Waals surface area contributed by atoms with Crippen molar-refractivity contribution in [3.05, 3.63) is 28.8 Å². The average Bonchev–Trinajstić information content (AvgIpc) is 2.33. The van der Waals surface area contributed by atoms with Crippen LogP contribution in [0, 0.1) is 0 Å². The molecule has 0 aliphatic heterocycles. The van der Waals surface area contributed by atoms with Crippen molar-refractivity contribution in [3.8, 4) is 5.75 Å². The minimum Gasteiger partial charge on any atom is -0.491 e. The van der Waals surface area contributed by atoms with Crippen LogP contribution in [0.15, 0.2) is 18.2 Å². The minimum atomic E-state index is -0.608. The van der Waals surface area contributed by atoms with Gasteiger partial charge >= 0.3 is 0 Å². The van der Waals surface area contributed by atoms with Gasteiger partial charge in [-0.3, -0.25) is 4.79 Å². The Bertz CT molecular complexity index is 429. The molecule has 1 rings (SSSR count). The zero-order valence-corrected chi connectivity index (χ0v) is 12.2. The molecule has 106 valence electrons. The van der Waals surface area contributed by atoms with Crippen molar-refractivity contribution in [1.82, 2.24) is 5.32 Å². The maximum absolute atomic E-state index is 10.6. The third-order valence-corrected chi connectivity index (χ3v) is 2.74. The SMILES string of the molecule is CC(C)(C)NC[C@@H](O)COc1ccc(C=O)c(Cl)c1. The lowest BCUT2D eigenvalue weighted by Gasteiger charge is -2.23. The number of carbonyl (C=O) groups is 1. The number of aldehydes is 1. The molecule has 0 heterocycles. The van der Waals surface area contributed by atoms with E-state index in [4.69, 9.17) is 16.3 Å². The number of carbonyl (C=O) groups excluding carboxylic acids is 1. The number of aliphatic hydroxyl groups is 1. The van der Waals surface area contributed by atoms with Crippen LogP contribution in [0.4, 0.5) is 0 Å². The van der Waals surface area contributed by atoms with Crippen LogP contribution in [0.5, 0.6) is 5.75 Å². The Balaban J connectivity index is 2.44. The van der Waals surface area contributed by atoms with Gasteiger partial charge in [0, 0.05) is 17.6 Å². The summed E-state index contributed by atoms with van der Waals surface area (Å²) in [6.07, 6.45) is 0.0811. The molecule has 0 radical (unpaired) electrons. The van der Waals surface area contributed by atoms with Gasteiger partial charge in [-0.15, -0.1) is 0 Å². The van der Waals surface area contributed by atoms with E-state index in [0.29, 0.717) is 29.2 Å². The van der Waals surface area contributed by atoms with E-state index in [1.54, 1.807) is 18.2 Å². The van der Waals surface area contributed by atoms with Gasteiger partial charge in [-0.05, 0) is 39.0 Å². The number of hydrogen-bond acceptors (Lipinski definition) is 4. The molecule has 0 unspecified atom stereocenters. The molecule has 0 aromatic heterocycles. The lowest BCUT2D eigenvalue weighted by Crippen LogP contribution is -2.42. The second kappa shape index (κ2) is 6.89. The molecular weight excluding hydrogens is 266 g/mol. The Labute approximate surface area is 118 Å². The lowest BCUT2D eigenvalue weighted by molar-refractivity contribution is 0.1000. The standard InChI is InChI=1S/C14H20ClNO3/c1-14(2,3)16-7-11(18)9-19-12-5-4-10(8-17)13(15)6-12/h4-6,8,11,16,18H,7,9H2,1-3H3/t11-/m1/s1. The summed E-state index contributed by atoms with van der Waals surface area (Å²) in [5.41, 5.74) is 0.375. The topological polar surface area (TPSA) is 58.6 Å². The molecule has 0 saturated heterocycles. The summed E-state index contributed by atoms with van der Waals surface area (Å²) in [7, 11) is 0. The van der Waals surface area contributed by atoms with Crippen molar-refractivity contribution in [2.45, 2.75) is 32.4 Å². The molecule has 4 nitrogen and oxygen atoms in total. The fourth-order valence-corrected chi connectivity index (χ4v) is 1.58. The lowest BCUT2D eigenvalue weighted by atomic mass is 10.1. The van der Waals surface area contributed by atoms with Crippen LogP contribution in [0.1, 0.15) is 31.1 Å². The van der Waals surface area contributed by atoms with E-state index in [9.17, 15) is 9.90 Å². The number of rotatable bonds is 6. The number of benzene rings is 1. The molecule has 1 atom stereocenters. The second-order valence-corrected chi connectivity index (χ2v) is 5.80. The van der Waals surface area contributed by atoms with Crippen LogP contribution in [-0.2, 0) is 0 Å². The zero-order valence-electron chi connectivity index (χ0n) is 11.4. The monoisotopic (exact) mass is 285 g/mol. The van der Waals surface area contributed by atoms with Crippen molar-refractivity contribution in [2.24, 2.45) is 0 Å². The second-order valence-electron chi connectivity index (χ2n) is 5.40. The van der Waals surface area contributed by atoms with Gasteiger partial charge in [0.25, 0.3) is 0 Å². The highest BCUT2D eigenvalue weighted by molar-refractivity contribution is 6.33. The Morgan fingerprint density at radius 3 is 2.68 bits per heavy atom. The summed E-state index contributed by atoms with van der Waals surface area (Å²) in [4.78, 5) is 10.6. The van der Waals surface area contributed by atoms with Crippen LogP contribution in [-0.4, -0.2) is 36.2 Å². The summed E-state index contributed by atoms with van der Waals surface area (Å²) in [6, 6.07) is 4.80. The summed E-state index contributed by atoms with van der Waals surface area (Å²) in [6.45, 7) is 6.69. The van der Waals surface area contributed by atoms with E-state index < -0.39 is 6.10 Å². The average molecular weight is 286 g/mol. The van der Waals surface area contributed by atoms with Gasteiger partial charge in [0.2, 0.25) is 0 Å². The molecule has 1 aromatic carbocycles. The minimum absolute atomic E-state index is 0.0457. The molecule has 0 bridgehead atoms. The first-order valence-corrected chi connectivity index (χ1v) is 6.50. The Morgan fingerprint density at radius 2 is 2.16 bits per heavy atom. The van der Waals surface area contributed by atoms with Crippen LogP contribution >= 0.6 is 11.6 Å². The van der Waals surface area contributed by atoms with Crippen LogP contribution in [0.3, 0.4) is 0 Å². The predicted molar refractivity (Wildman–Crippen MR) is 76.1 cm³/mol. The van der Waals surface area contributed by atoms with Crippen molar-refractivity contribution < 1.29 is 14.6 Å². The van der Waals surface area contributed by atoms with E-state index in [0.717, 1.165) is 0 Å². The normalized spacial score (nSPS) is 13.1. The Kier molecular flexibility index (Phi) is 5.79. The third-order valence-electron chi connectivity index (χ3n) is 2.41. The van der Waals surface area contributed by atoms with Gasteiger partial charge in [-0.2, -0.15) is 0 Å². The van der Waals surface area contributed by atoms with Gasteiger partial charge in [-0.1, -0.05) is 11.6 Å². The van der Waals surface area contributed by atoms with E-state index >= 15 is 0 Å². The molecule has 5 heteroatoms. The highest BCUT2D eigenvalue weighted by atomic mass is 35.5. The number of β-amino-alcohol motifs (C(OH)–C–C–N with tert-alkyl or cyclic N) is 1. The van der Waals surface area contributed by atoms with Gasteiger partial charge in [0.1, 0.15) is 18.5 Å². The van der Waals surface area contributed by atoms with E-state index in [1.165, 1.54) is 0 Å². The molecule has 0 spiro atoms. The van der Waals surface area contributed by atoms with E-state index in [2.05, 4.69) is 5.32 Å². The molecule has 0 saturated carbocycles. The molecule has 1 aromatic rings. The fraction of sp³-hybridized carbons (Fsp3) is 0.500. The highest BCUT2D eigenvalue weighted by Gasteiger charge is 2.12. The summed E-state index contributed by atoms with van der Waals surface area (Å²) in [5, 5.41) is 13.3. The third kappa shape index (κ3) is 6.05. The first-order valence-electron chi connectivity index (χ1n) is 6.12. The van der Waals surface area contributed by atoms with E-state index in [-0.39, 0.29) is 12.1 Å². The van der Waals surface area contributed by atoms with Crippen LogP contribution in [0.25, 0.3) is 0 Å². The highest BCUT2D eigenvalue weighted by Crippen LogP contribution is 2.21. The Hall–Kier alpha value is -1.10. The molecule has 0 amide bonds. The zero-order chi connectivity index (χ0) is 14.5. The number of hydrogen-bond donors (Lipinski definition) is 2. The maximum atomic E-state index is 10.6. The fourth-order valence-electron chi connectivity index (χ4n) is 1.37. The van der Waals surface area contributed by atoms with Gasteiger partial charge < -0.3 is 15.2 Å². The summed E-state index contributed by atoms with van der Waals surface area (Å²) >= 11 is 5.88. The summed E-state index contributed by atoms with van der Waals surface area (Å²) < 4.78 is 5.42. The number of aliphatic hydroxyl groups excluding tert-OH is 1. The number of nitrogens with one attached hydrogen (secondary N) is 1. The van der Waals surface area contributed by atoms with Gasteiger partial charge in [0.15, 0.2) is 6.29 Å². The molecule has 0 aliphatic carbocycles. The van der Waals surface area contributed by atoms with Crippen LogP contribution < -0.4 is 10.1 Å². The molecule has 2 N–H and O–H groups in total.